The highest BCUT2D eigenvalue weighted by atomic mass is 32.2. The molecule has 1 unspecified atom stereocenters. The van der Waals surface area contributed by atoms with Crippen molar-refractivity contribution in [3.05, 3.63) is 48.3 Å². The van der Waals surface area contributed by atoms with Crippen LogP contribution in [0.2, 0.25) is 0 Å². The number of nitrogens with two attached hydrogens (primary N) is 1. The predicted molar refractivity (Wildman–Crippen MR) is 72.3 cm³/mol. The summed E-state index contributed by atoms with van der Waals surface area (Å²) in [5.41, 5.74) is 6.46. The summed E-state index contributed by atoms with van der Waals surface area (Å²) in [4.78, 5) is 15.3. The van der Waals surface area contributed by atoms with Gasteiger partial charge >= 0.3 is 0 Å². The quantitative estimate of drug-likeness (QED) is 0.836. The second-order valence-electron chi connectivity index (χ2n) is 3.99. The fourth-order valence-electron chi connectivity index (χ4n) is 1.53. The number of benzene rings is 1. The number of primary amides is 1. The first-order valence-corrected chi connectivity index (χ1v) is 6.56. The third-order valence-corrected chi connectivity index (χ3v) is 3.69. The van der Waals surface area contributed by atoms with Crippen molar-refractivity contribution in [1.82, 2.24) is 9.55 Å². The minimum Gasteiger partial charge on any atom is -0.369 e. The minimum atomic E-state index is -0.325. The highest BCUT2D eigenvalue weighted by Crippen LogP contribution is 2.21. The zero-order chi connectivity index (χ0) is 13.0. The molecule has 1 aromatic carbocycles. The van der Waals surface area contributed by atoms with Gasteiger partial charge in [0.05, 0.1) is 5.25 Å². The van der Waals surface area contributed by atoms with Crippen LogP contribution in [0.25, 0.3) is 0 Å². The van der Waals surface area contributed by atoms with Gasteiger partial charge < -0.3 is 10.3 Å². The van der Waals surface area contributed by atoms with Gasteiger partial charge in [0, 0.05) is 18.9 Å². The van der Waals surface area contributed by atoms with Crippen molar-refractivity contribution in [2.24, 2.45) is 5.73 Å². The summed E-state index contributed by atoms with van der Waals surface area (Å²) in [6.45, 7) is 2.53. The molecule has 5 heteroatoms. The van der Waals surface area contributed by atoms with E-state index in [1.54, 1.807) is 13.1 Å². The summed E-state index contributed by atoms with van der Waals surface area (Å²) in [5, 5.41) is 0.534. The average molecular weight is 261 g/mol. The van der Waals surface area contributed by atoms with Crippen LogP contribution >= 0.6 is 11.8 Å². The first kappa shape index (κ1) is 12.7. The zero-order valence-corrected chi connectivity index (χ0v) is 10.9. The lowest BCUT2D eigenvalue weighted by Crippen LogP contribution is -2.23. The molecule has 0 spiro atoms. The number of rotatable bonds is 5. The molecule has 1 aromatic heterocycles. The molecule has 0 fully saturated rings. The zero-order valence-electron chi connectivity index (χ0n) is 10.1. The number of hydrogen-bond acceptors (Lipinski definition) is 3. The van der Waals surface area contributed by atoms with Crippen LogP contribution in [-0.4, -0.2) is 20.7 Å². The van der Waals surface area contributed by atoms with Crippen molar-refractivity contribution < 1.29 is 4.79 Å². The number of thioether (sulfide) groups is 1. The Morgan fingerprint density at radius 2 is 2.17 bits per heavy atom. The van der Waals surface area contributed by atoms with E-state index in [1.807, 2.05) is 29.0 Å². The first-order chi connectivity index (χ1) is 8.66. The molecule has 1 atom stereocenters. The maximum atomic E-state index is 11.1. The van der Waals surface area contributed by atoms with Gasteiger partial charge in [-0.2, -0.15) is 0 Å². The van der Waals surface area contributed by atoms with Gasteiger partial charge in [0.25, 0.3) is 0 Å². The standard InChI is InChI=1S/C13H15N3OS/c1-10(12(14)17)18-13-15-7-8-16(13)9-11-5-3-2-4-6-11/h2-8,10H,9H2,1H3,(H2,14,17). The Hall–Kier alpha value is -1.75. The van der Waals surface area contributed by atoms with E-state index in [4.69, 9.17) is 5.73 Å². The number of carbonyl (C=O) groups is 1. The largest absolute Gasteiger partial charge is 0.369 e. The van der Waals surface area contributed by atoms with Gasteiger partial charge in [-0.3, -0.25) is 4.79 Å². The molecule has 1 amide bonds. The van der Waals surface area contributed by atoms with Gasteiger partial charge in [0.15, 0.2) is 5.16 Å². The number of carbonyl (C=O) groups excluding carboxylic acids is 1. The second-order valence-corrected chi connectivity index (χ2v) is 5.29. The fraction of sp³-hybridized carbons (Fsp3) is 0.231. The number of imidazole rings is 1. The Morgan fingerprint density at radius 1 is 1.44 bits per heavy atom. The van der Waals surface area contributed by atoms with E-state index >= 15 is 0 Å². The van der Waals surface area contributed by atoms with E-state index in [0.717, 1.165) is 11.7 Å². The fourth-order valence-corrected chi connectivity index (χ4v) is 2.35. The van der Waals surface area contributed by atoms with Crippen LogP contribution in [0.5, 0.6) is 0 Å². The third-order valence-electron chi connectivity index (χ3n) is 2.56. The van der Waals surface area contributed by atoms with Gasteiger partial charge in [-0.25, -0.2) is 4.98 Å². The van der Waals surface area contributed by atoms with E-state index in [-0.39, 0.29) is 11.2 Å². The van der Waals surface area contributed by atoms with Gasteiger partial charge in [-0.15, -0.1) is 0 Å². The second kappa shape index (κ2) is 5.73. The maximum absolute atomic E-state index is 11.1. The van der Waals surface area contributed by atoms with E-state index in [9.17, 15) is 4.79 Å². The normalized spacial score (nSPS) is 12.3. The topological polar surface area (TPSA) is 60.9 Å². The Balaban J connectivity index is 2.11. The lowest BCUT2D eigenvalue weighted by atomic mass is 10.2. The number of hydrogen-bond donors (Lipinski definition) is 1. The molecule has 0 radical (unpaired) electrons. The molecule has 0 bridgehead atoms. The number of aromatic nitrogens is 2. The molecule has 0 saturated heterocycles. The minimum absolute atomic E-state index is 0.276. The molecule has 0 aliphatic heterocycles. The molecule has 0 saturated carbocycles. The molecule has 2 N–H and O–H groups in total. The Labute approximate surface area is 110 Å². The molecule has 2 rings (SSSR count). The molecule has 4 nitrogen and oxygen atoms in total. The van der Waals surface area contributed by atoms with Crippen LogP contribution < -0.4 is 5.73 Å². The van der Waals surface area contributed by atoms with Crippen molar-refractivity contribution >= 4 is 17.7 Å². The average Bonchev–Trinajstić information content (AvgIpc) is 2.78. The van der Waals surface area contributed by atoms with Gasteiger partial charge in [-0.1, -0.05) is 42.1 Å². The number of amides is 1. The van der Waals surface area contributed by atoms with E-state index in [0.29, 0.717) is 0 Å². The molecular formula is C13H15N3OS. The van der Waals surface area contributed by atoms with E-state index < -0.39 is 0 Å². The maximum Gasteiger partial charge on any atom is 0.230 e. The summed E-state index contributed by atoms with van der Waals surface area (Å²) in [6.07, 6.45) is 3.64. The lowest BCUT2D eigenvalue weighted by Gasteiger charge is -2.10. The van der Waals surface area contributed by atoms with Crippen molar-refractivity contribution in [2.45, 2.75) is 23.9 Å². The highest BCUT2D eigenvalue weighted by Gasteiger charge is 2.14. The molecule has 1 heterocycles. The summed E-state index contributed by atoms with van der Waals surface area (Å²) < 4.78 is 2.01. The number of nitrogens with zero attached hydrogens (tertiary/aromatic N) is 2. The van der Waals surface area contributed by atoms with Crippen molar-refractivity contribution in [3.63, 3.8) is 0 Å². The van der Waals surface area contributed by atoms with Crippen LogP contribution in [0.4, 0.5) is 0 Å². The van der Waals surface area contributed by atoms with Crippen LogP contribution in [0.15, 0.2) is 47.9 Å². The smallest absolute Gasteiger partial charge is 0.230 e. The summed E-state index contributed by atoms with van der Waals surface area (Å²) in [7, 11) is 0. The summed E-state index contributed by atoms with van der Waals surface area (Å²) >= 11 is 1.38. The summed E-state index contributed by atoms with van der Waals surface area (Å²) in [6, 6.07) is 10.1. The van der Waals surface area contributed by atoms with Crippen molar-refractivity contribution in [3.8, 4) is 0 Å². The lowest BCUT2D eigenvalue weighted by molar-refractivity contribution is -0.117. The molecular weight excluding hydrogens is 246 g/mol. The predicted octanol–water partition coefficient (Wildman–Crippen LogP) is 1.90. The van der Waals surface area contributed by atoms with Crippen LogP contribution in [0, 0.1) is 0 Å². The molecule has 0 aliphatic rings. The third kappa shape index (κ3) is 3.13. The first-order valence-electron chi connectivity index (χ1n) is 5.68. The van der Waals surface area contributed by atoms with Crippen LogP contribution in [0.3, 0.4) is 0 Å². The highest BCUT2D eigenvalue weighted by molar-refractivity contribution is 8.00. The molecule has 2 aromatic rings. The molecule has 94 valence electrons. The van der Waals surface area contributed by atoms with E-state index in [1.165, 1.54) is 17.3 Å². The van der Waals surface area contributed by atoms with Crippen molar-refractivity contribution in [2.75, 3.05) is 0 Å². The van der Waals surface area contributed by atoms with Crippen LogP contribution in [0.1, 0.15) is 12.5 Å². The van der Waals surface area contributed by atoms with Crippen molar-refractivity contribution in [1.29, 1.82) is 0 Å². The van der Waals surface area contributed by atoms with Gasteiger partial charge in [0.2, 0.25) is 5.91 Å². The molecule has 18 heavy (non-hydrogen) atoms. The Bertz CT molecular complexity index is 524. The molecule has 0 aliphatic carbocycles. The monoisotopic (exact) mass is 261 g/mol. The Morgan fingerprint density at radius 3 is 2.83 bits per heavy atom. The van der Waals surface area contributed by atoms with Gasteiger partial charge in [-0.05, 0) is 12.5 Å². The van der Waals surface area contributed by atoms with Crippen LogP contribution in [-0.2, 0) is 11.3 Å². The summed E-state index contributed by atoms with van der Waals surface area (Å²) in [5.74, 6) is -0.325. The Kier molecular flexibility index (Phi) is 4.04. The van der Waals surface area contributed by atoms with Gasteiger partial charge in [0.1, 0.15) is 0 Å². The SMILES string of the molecule is CC(Sc1nccn1Cc1ccccc1)C(N)=O. The van der Waals surface area contributed by atoms with E-state index in [2.05, 4.69) is 17.1 Å².